The van der Waals surface area contributed by atoms with Crippen molar-refractivity contribution in [2.24, 2.45) is 11.8 Å². The van der Waals surface area contributed by atoms with Gasteiger partial charge in [-0.05, 0) is 24.7 Å². The molecular weight excluding hydrogens is 410 g/mol. The van der Waals surface area contributed by atoms with E-state index in [0.717, 1.165) is 38.8 Å². The molecule has 0 aromatic heterocycles. The molecule has 0 bridgehead atoms. The zero-order chi connectivity index (χ0) is 23.0. The maximum Gasteiger partial charge on any atom is 0.426 e. The maximum atomic E-state index is 13.3. The number of nitrogens with one attached hydrogen (secondary N) is 2. The molecule has 2 aliphatic heterocycles. The molecule has 1 aliphatic carbocycles. The number of ether oxygens (including phenoxy) is 1. The number of carbonyl (C=O) groups is 2. The molecule has 2 saturated heterocycles. The zero-order valence-corrected chi connectivity index (χ0v) is 19.6. The van der Waals surface area contributed by atoms with Gasteiger partial charge in [0.2, 0.25) is 5.91 Å². The van der Waals surface area contributed by atoms with E-state index in [1.54, 1.807) is 5.06 Å². The van der Waals surface area contributed by atoms with Crippen molar-refractivity contribution in [1.82, 2.24) is 20.6 Å². The van der Waals surface area contributed by atoms with Crippen LogP contribution >= 0.6 is 0 Å². The first-order valence-electron chi connectivity index (χ1n) is 12.2. The minimum atomic E-state index is -0.910. The molecule has 2 heterocycles. The molecule has 2 amide bonds. The molecule has 3 rings (SSSR count). The smallest absolute Gasteiger partial charge is 0.379 e. The SMILES string of the molecule is CC(C)CN1CCC(C#N)(NC(=O)C(CC2CCCCC2)NC(=O)ON2CCOCC2)C1. The van der Waals surface area contributed by atoms with Crippen LogP contribution in [-0.4, -0.2) is 79.5 Å². The molecule has 3 fully saturated rings. The summed E-state index contributed by atoms with van der Waals surface area (Å²) in [6.45, 7) is 8.53. The summed E-state index contributed by atoms with van der Waals surface area (Å²) in [4.78, 5) is 33.5. The minimum Gasteiger partial charge on any atom is -0.379 e. The van der Waals surface area contributed by atoms with Crippen LogP contribution in [0.15, 0.2) is 0 Å². The Morgan fingerprint density at radius 3 is 2.56 bits per heavy atom. The van der Waals surface area contributed by atoms with Crippen LogP contribution in [0.1, 0.15) is 58.8 Å². The number of hydrogen-bond acceptors (Lipinski definition) is 7. The molecule has 1 saturated carbocycles. The van der Waals surface area contributed by atoms with Gasteiger partial charge in [-0.3, -0.25) is 9.69 Å². The van der Waals surface area contributed by atoms with Gasteiger partial charge in [-0.1, -0.05) is 46.0 Å². The number of nitrogens with zero attached hydrogens (tertiary/aromatic N) is 3. The molecule has 0 spiro atoms. The van der Waals surface area contributed by atoms with Gasteiger partial charge in [-0.2, -0.15) is 5.26 Å². The molecule has 0 aromatic carbocycles. The predicted octanol–water partition coefficient (Wildman–Crippen LogP) is 2.04. The van der Waals surface area contributed by atoms with E-state index in [9.17, 15) is 14.9 Å². The third-order valence-electron chi connectivity index (χ3n) is 6.63. The number of nitriles is 1. The number of likely N-dealkylation sites (tertiary alicyclic amines) is 1. The van der Waals surface area contributed by atoms with Crippen LogP contribution in [-0.2, 0) is 14.4 Å². The van der Waals surface area contributed by atoms with E-state index in [1.165, 1.54) is 6.42 Å². The molecule has 0 radical (unpaired) electrons. The van der Waals surface area contributed by atoms with Crippen LogP contribution in [0, 0.1) is 23.2 Å². The van der Waals surface area contributed by atoms with E-state index in [1.807, 2.05) is 0 Å². The first-order valence-corrected chi connectivity index (χ1v) is 12.2. The summed E-state index contributed by atoms with van der Waals surface area (Å²) in [5.74, 6) is 0.598. The Bertz CT molecular complexity index is 670. The minimum absolute atomic E-state index is 0.289. The third kappa shape index (κ3) is 7.32. The highest BCUT2D eigenvalue weighted by atomic mass is 16.7. The van der Waals surface area contributed by atoms with Crippen molar-refractivity contribution in [3.05, 3.63) is 0 Å². The topological polar surface area (TPSA) is 107 Å². The quantitative estimate of drug-likeness (QED) is 0.584. The Labute approximate surface area is 191 Å². The molecule has 2 N–H and O–H groups in total. The standard InChI is InChI=1S/C23H39N5O4/c1-18(2)15-27-9-8-23(16-24,17-27)26-21(29)20(14-19-6-4-3-5-7-19)25-22(30)32-28-10-12-31-13-11-28/h18-20H,3-15,17H2,1-2H3,(H,25,30)(H,26,29). The fraction of sp³-hybridized carbons (Fsp3) is 0.870. The van der Waals surface area contributed by atoms with E-state index in [-0.39, 0.29) is 5.91 Å². The first-order chi connectivity index (χ1) is 15.4. The van der Waals surface area contributed by atoms with Crippen molar-refractivity contribution >= 4 is 12.0 Å². The van der Waals surface area contributed by atoms with E-state index >= 15 is 0 Å². The van der Waals surface area contributed by atoms with Crippen molar-refractivity contribution in [3.8, 4) is 6.07 Å². The van der Waals surface area contributed by atoms with E-state index in [0.29, 0.717) is 57.5 Å². The summed E-state index contributed by atoms with van der Waals surface area (Å²) in [7, 11) is 0. The largest absolute Gasteiger partial charge is 0.426 e. The second-order valence-corrected chi connectivity index (χ2v) is 9.92. The van der Waals surface area contributed by atoms with Gasteiger partial charge in [0.25, 0.3) is 0 Å². The third-order valence-corrected chi connectivity index (χ3v) is 6.63. The lowest BCUT2D eigenvalue weighted by Gasteiger charge is -2.31. The maximum absolute atomic E-state index is 13.3. The van der Waals surface area contributed by atoms with E-state index in [4.69, 9.17) is 9.57 Å². The summed E-state index contributed by atoms with van der Waals surface area (Å²) < 4.78 is 5.28. The molecule has 32 heavy (non-hydrogen) atoms. The number of hydroxylamine groups is 2. The molecule has 2 atom stereocenters. The number of carbonyl (C=O) groups excluding carboxylic acids is 2. The molecular formula is C23H39N5O4. The second kappa shape index (κ2) is 11.8. The van der Waals surface area contributed by atoms with Crippen LogP contribution in [0.25, 0.3) is 0 Å². The van der Waals surface area contributed by atoms with Gasteiger partial charge < -0.3 is 20.2 Å². The average molecular weight is 450 g/mol. The fourth-order valence-corrected chi connectivity index (χ4v) is 5.02. The lowest BCUT2D eigenvalue weighted by atomic mass is 9.84. The monoisotopic (exact) mass is 449 g/mol. The fourth-order valence-electron chi connectivity index (χ4n) is 5.02. The Hall–Kier alpha value is -1.89. The summed E-state index contributed by atoms with van der Waals surface area (Å²) in [6, 6.07) is 1.64. The van der Waals surface area contributed by atoms with E-state index in [2.05, 4.69) is 35.5 Å². The normalized spacial score (nSPS) is 26.4. The molecule has 9 nitrogen and oxygen atoms in total. The van der Waals surface area contributed by atoms with Crippen LogP contribution in [0.3, 0.4) is 0 Å². The van der Waals surface area contributed by atoms with Crippen molar-refractivity contribution in [1.29, 1.82) is 5.26 Å². The Morgan fingerprint density at radius 1 is 1.19 bits per heavy atom. The van der Waals surface area contributed by atoms with Gasteiger partial charge in [0, 0.05) is 19.6 Å². The van der Waals surface area contributed by atoms with E-state index < -0.39 is 17.7 Å². The van der Waals surface area contributed by atoms with Gasteiger partial charge in [0.15, 0.2) is 0 Å². The number of morpholine rings is 1. The highest BCUT2D eigenvalue weighted by molar-refractivity contribution is 5.86. The highest BCUT2D eigenvalue weighted by Crippen LogP contribution is 2.28. The summed E-state index contributed by atoms with van der Waals surface area (Å²) in [6.07, 6.45) is 6.21. The number of rotatable bonds is 8. The molecule has 0 aromatic rings. The molecule has 9 heteroatoms. The van der Waals surface area contributed by atoms with Gasteiger partial charge in [0.05, 0.1) is 32.4 Å². The Balaban J connectivity index is 1.62. The Kier molecular flexibility index (Phi) is 9.14. The van der Waals surface area contributed by atoms with Crippen LogP contribution in [0.5, 0.6) is 0 Å². The summed E-state index contributed by atoms with van der Waals surface area (Å²) >= 11 is 0. The van der Waals surface area contributed by atoms with Crippen LogP contribution < -0.4 is 10.6 Å². The lowest BCUT2D eigenvalue weighted by Crippen LogP contribution is -2.57. The first kappa shape index (κ1) is 24.7. The van der Waals surface area contributed by atoms with Gasteiger partial charge in [-0.15, -0.1) is 5.06 Å². The summed E-state index contributed by atoms with van der Waals surface area (Å²) in [5.41, 5.74) is -0.910. The molecule has 3 aliphatic rings. The Morgan fingerprint density at radius 2 is 1.91 bits per heavy atom. The number of amides is 2. The second-order valence-electron chi connectivity index (χ2n) is 9.92. The van der Waals surface area contributed by atoms with Crippen molar-refractivity contribution in [2.75, 3.05) is 45.9 Å². The summed E-state index contributed by atoms with van der Waals surface area (Å²) in [5, 5.41) is 17.2. The van der Waals surface area contributed by atoms with Gasteiger partial charge in [-0.25, -0.2) is 4.79 Å². The number of hydrogen-bond donors (Lipinski definition) is 2. The van der Waals surface area contributed by atoms with Crippen LogP contribution in [0.2, 0.25) is 0 Å². The van der Waals surface area contributed by atoms with Crippen molar-refractivity contribution in [2.45, 2.75) is 70.4 Å². The van der Waals surface area contributed by atoms with Gasteiger partial charge >= 0.3 is 6.09 Å². The van der Waals surface area contributed by atoms with Crippen molar-refractivity contribution < 1.29 is 19.2 Å². The lowest BCUT2D eigenvalue weighted by molar-refractivity contribution is -0.147. The average Bonchev–Trinajstić information content (AvgIpc) is 3.16. The highest BCUT2D eigenvalue weighted by Gasteiger charge is 2.41. The van der Waals surface area contributed by atoms with Gasteiger partial charge in [0.1, 0.15) is 11.6 Å². The van der Waals surface area contributed by atoms with Crippen molar-refractivity contribution in [3.63, 3.8) is 0 Å². The predicted molar refractivity (Wildman–Crippen MR) is 119 cm³/mol. The zero-order valence-electron chi connectivity index (χ0n) is 19.6. The van der Waals surface area contributed by atoms with Crippen LogP contribution in [0.4, 0.5) is 4.79 Å². The molecule has 180 valence electrons. The molecule has 2 unspecified atom stereocenters.